The normalized spacial score (nSPS) is 10.5. The van der Waals surface area contributed by atoms with E-state index in [0.29, 0.717) is 0 Å². The molecule has 4 nitrogen and oxygen atoms in total. The molecular weight excluding hydrogens is 200 g/mol. The molecule has 1 aromatic carbocycles. The van der Waals surface area contributed by atoms with Crippen LogP contribution in [0.1, 0.15) is 5.56 Å². The van der Waals surface area contributed by atoms with Crippen molar-refractivity contribution in [3.63, 3.8) is 0 Å². The molecule has 74 valence electrons. The van der Waals surface area contributed by atoms with Crippen LogP contribution in [-0.4, -0.2) is 14.3 Å². The molecule has 0 aliphatic heterocycles. The van der Waals surface area contributed by atoms with Crippen molar-refractivity contribution in [3.05, 3.63) is 47.4 Å². The predicted octanol–water partition coefficient (Wildman–Crippen LogP) is 0.983. The fourth-order valence-electron chi connectivity index (χ4n) is 1.01. The van der Waals surface area contributed by atoms with Gasteiger partial charge in [-0.3, -0.25) is 0 Å². The summed E-state index contributed by atoms with van der Waals surface area (Å²) in [5.41, 5.74) is 2.85. The summed E-state index contributed by atoms with van der Waals surface area (Å²) in [4.78, 5) is 2.78. The van der Waals surface area contributed by atoms with E-state index in [-0.39, 0.29) is 11.6 Å². The molecule has 0 aliphatic rings. The fraction of sp³-hybridized carbons (Fsp3) is 0.222. The summed E-state index contributed by atoms with van der Waals surface area (Å²) >= 11 is 0. The lowest BCUT2D eigenvalue weighted by molar-refractivity contribution is 0.592. The SMILES string of the molecule is [C-]#[N+]NCS(=O)(=O)Cc1ccccc1. The first kappa shape index (κ1) is 10.5. The average Bonchev–Trinajstić information content (AvgIpc) is 2.16. The lowest BCUT2D eigenvalue weighted by Crippen LogP contribution is -2.18. The van der Waals surface area contributed by atoms with Gasteiger partial charge in [-0.1, -0.05) is 30.3 Å². The van der Waals surface area contributed by atoms with Crippen molar-refractivity contribution in [3.8, 4) is 0 Å². The van der Waals surface area contributed by atoms with Crippen molar-refractivity contribution in [2.45, 2.75) is 5.75 Å². The Bertz CT molecular complexity index is 420. The zero-order valence-electron chi connectivity index (χ0n) is 7.47. The highest BCUT2D eigenvalue weighted by molar-refractivity contribution is 7.90. The van der Waals surface area contributed by atoms with Crippen LogP contribution in [0.3, 0.4) is 0 Å². The van der Waals surface area contributed by atoms with E-state index in [4.69, 9.17) is 6.57 Å². The van der Waals surface area contributed by atoms with E-state index in [2.05, 4.69) is 10.4 Å². The summed E-state index contributed by atoms with van der Waals surface area (Å²) in [7, 11) is -3.22. The van der Waals surface area contributed by atoms with Gasteiger partial charge in [0.15, 0.2) is 15.7 Å². The number of hydrogen-bond donors (Lipinski definition) is 1. The van der Waals surface area contributed by atoms with Crippen LogP contribution >= 0.6 is 0 Å². The summed E-state index contributed by atoms with van der Waals surface area (Å²) < 4.78 is 22.7. The summed E-state index contributed by atoms with van der Waals surface area (Å²) in [5.74, 6) is -0.332. The molecule has 1 N–H and O–H groups in total. The van der Waals surface area contributed by atoms with Crippen LogP contribution in [0.2, 0.25) is 0 Å². The molecule has 0 unspecified atom stereocenters. The van der Waals surface area contributed by atoms with Gasteiger partial charge in [0.2, 0.25) is 0 Å². The average molecular weight is 210 g/mol. The minimum Gasteiger partial charge on any atom is -0.226 e. The lowest BCUT2D eigenvalue weighted by Gasteiger charge is -2.00. The third kappa shape index (κ3) is 3.46. The second-order valence-electron chi connectivity index (χ2n) is 2.79. The van der Waals surface area contributed by atoms with Crippen LogP contribution in [0, 0.1) is 6.57 Å². The van der Waals surface area contributed by atoms with E-state index in [0.717, 1.165) is 5.56 Å². The number of hydrogen-bond acceptors (Lipinski definition) is 3. The Balaban J connectivity index is 2.66. The Morgan fingerprint density at radius 1 is 1.29 bits per heavy atom. The molecule has 0 aliphatic carbocycles. The molecule has 0 bridgehead atoms. The molecule has 14 heavy (non-hydrogen) atoms. The molecule has 0 fully saturated rings. The van der Waals surface area contributed by atoms with Crippen LogP contribution in [0.5, 0.6) is 0 Å². The minimum atomic E-state index is -3.22. The topological polar surface area (TPSA) is 50.5 Å². The van der Waals surface area contributed by atoms with Crippen LogP contribution in [0.4, 0.5) is 0 Å². The number of nitrogens with one attached hydrogen (secondary N) is 1. The van der Waals surface area contributed by atoms with Crippen molar-refractivity contribution < 1.29 is 8.42 Å². The zero-order chi connectivity index (χ0) is 10.4. The van der Waals surface area contributed by atoms with E-state index in [9.17, 15) is 8.42 Å². The molecule has 0 saturated heterocycles. The van der Waals surface area contributed by atoms with E-state index in [1.165, 1.54) is 0 Å². The van der Waals surface area contributed by atoms with Gasteiger partial charge in [-0.05, 0) is 5.56 Å². The summed E-state index contributed by atoms with van der Waals surface area (Å²) in [6, 6.07) is 8.89. The standard InChI is InChI=1S/C9H10N2O2S/c1-10-11-8-14(12,13)7-9-5-3-2-4-6-9/h2-6,11H,7-8H2. The van der Waals surface area contributed by atoms with Crippen molar-refractivity contribution in [1.29, 1.82) is 0 Å². The van der Waals surface area contributed by atoms with Gasteiger partial charge in [-0.15, -0.1) is 5.43 Å². The monoisotopic (exact) mass is 210 g/mol. The minimum absolute atomic E-state index is 0.0314. The van der Waals surface area contributed by atoms with Crippen LogP contribution in [0.25, 0.3) is 4.95 Å². The fourth-order valence-corrected chi connectivity index (χ4v) is 2.07. The van der Waals surface area contributed by atoms with Crippen LogP contribution in [-0.2, 0) is 15.6 Å². The lowest BCUT2D eigenvalue weighted by atomic mass is 10.2. The highest BCUT2D eigenvalue weighted by Gasteiger charge is 2.12. The van der Waals surface area contributed by atoms with Crippen LogP contribution < -0.4 is 5.43 Å². The Hall–Kier alpha value is -1.54. The maximum atomic E-state index is 11.4. The van der Waals surface area contributed by atoms with Gasteiger partial charge in [0.05, 0.1) is 5.75 Å². The molecule has 0 saturated carbocycles. The second kappa shape index (κ2) is 4.63. The summed E-state index contributed by atoms with van der Waals surface area (Å²) in [5, 5.41) is 0. The molecular formula is C9H10N2O2S. The van der Waals surface area contributed by atoms with E-state index in [1.807, 2.05) is 6.07 Å². The predicted molar refractivity (Wildman–Crippen MR) is 53.7 cm³/mol. The van der Waals surface area contributed by atoms with Crippen molar-refractivity contribution in [2.75, 3.05) is 5.88 Å². The van der Waals surface area contributed by atoms with Gasteiger partial charge >= 0.3 is 0 Å². The van der Waals surface area contributed by atoms with Gasteiger partial charge in [0.25, 0.3) is 0 Å². The highest BCUT2D eigenvalue weighted by atomic mass is 32.2. The molecule has 0 spiro atoms. The first-order chi connectivity index (χ1) is 6.64. The molecule has 5 heteroatoms. The number of sulfone groups is 1. The maximum absolute atomic E-state index is 11.4. The van der Waals surface area contributed by atoms with Gasteiger partial charge in [0, 0.05) is 0 Å². The van der Waals surface area contributed by atoms with Gasteiger partial charge in [0.1, 0.15) is 0 Å². The van der Waals surface area contributed by atoms with Crippen molar-refractivity contribution in [1.82, 2.24) is 5.43 Å². The van der Waals surface area contributed by atoms with Crippen molar-refractivity contribution >= 4 is 9.84 Å². The summed E-state index contributed by atoms with van der Waals surface area (Å²) in [6.45, 7) is 6.41. The Kier molecular flexibility index (Phi) is 3.48. The van der Waals surface area contributed by atoms with Gasteiger partial charge in [-0.25, -0.2) is 8.42 Å². The number of nitrogens with zero attached hydrogens (tertiary/aromatic N) is 1. The Morgan fingerprint density at radius 2 is 1.93 bits per heavy atom. The quantitative estimate of drug-likeness (QED) is 0.595. The van der Waals surface area contributed by atoms with Crippen LogP contribution in [0.15, 0.2) is 30.3 Å². The van der Waals surface area contributed by atoms with Gasteiger partial charge < -0.3 is 0 Å². The molecule has 0 heterocycles. The third-order valence-corrected chi connectivity index (χ3v) is 2.94. The largest absolute Gasteiger partial charge is 0.226 e. The molecule has 0 aromatic heterocycles. The first-order valence-corrected chi connectivity index (χ1v) is 5.80. The second-order valence-corrected chi connectivity index (χ2v) is 4.85. The number of rotatable bonds is 4. The molecule has 0 amide bonds. The Labute approximate surface area is 83.3 Å². The zero-order valence-corrected chi connectivity index (χ0v) is 8.29. The van der Waals surface area contributed by atoms with Gasteiger partial charge in [-0.2, -0.15) is 11.5 Å². The molecule has 0 atom stereocenters. The summed E-state index contributed by atoms with van der Waals surface area (Å²) in [6.07, 6.45) is 0. The highest BCUT2D eigenvalue weighted by Crippen LogP contribution is 2.04. The molecule has 0 radical (unpaired) electrons. The van der Waals surface area contributed by atoms with E-state index < -0.39 is 9.84 Å². The molecule has 1 aromatic rings. The maximum Gasteiger partial charge on any atom is 0.184 e. The Morgan fingerprint density at radius 3 is 2.50 bits per heavy atom. The molecule has 1 rings (SSSR count). The van der Waals surface area contributed by atoms with E-state index in [1.54, 1.807) is 24.3 Å². The third-order valence-electron chi connectivity index (χ3n) is 1.59. The first-order valence-electron chi connectivity index (χ1n) is 3.98. The van der Waals surface area contributed by atoms with Crippen molar-refractivity contribution in [2.24, 2.45) is 0 Å². The number of benzene rings is 1. The smallest absolute Gasteiger partial charge is 0.184 e. The van der Waals surface area contributed by atoms with E-state index >= 15 is 0 Å².